The summed E-state index contributed by atoms with van der Waals surface area (Å²) in [6.45, 7) is 4.15. The fourth-order valence-electron chi connectivity index (χ4n) is 2.62. The first-order chi connectivity index (χ1) is 11.2. The average molecular weight is 332 g/mol. The minimum atomic E-state index is 0.480. The van der Waals surface area contributed by atoms with Crippen LogP contribution in [0, 0.1) is 0 Å². The summed E-state index contributed by atoms with van der Waals surface area (Å²) in [7, 11) is 0. The van der Waals surface area contributed by atoms with E-state index in [1.54, 1.807) is 0 Å². The van der Waals surface area contributed by atoms with E-state index in [4.69, 9.17) is 11.6 Å². The maximum atomic E-state index is 5.99. The van der Waals surface area contributed by atoms with E-state index < -0.39 is 0 Å². The number of halogens is 1. The largest absolute Gasteiger partial charge is 0.342 e. The van der Waals surface area contributed by atoms with E-state index in [0.29, 0.717) is 6.04 Å². The molecule has 1 aromatic carbocycles. The van der Waals surface area contributed by atoms with E-state index >= 15 is 0 Å². The summed E-state index contributed by atoms with van der Waals surface area (Å²) in [6.07, 6.45) is 6.88. The molecular formula is C17H22ClN5. The van der Waals surface area contributed by atoms with E-state index in [9.17, 15) is 0 Å². The second-order valence-corrected chi connectivity index (χ2v) is 6.30. The Kier molecular flexibility index (Phi) is 5.31. The van der Waals surface area contributed by atoms with Gasteiger partial charge in [-0.3, -0.25) is 4.68 Å². The van der Waals surface area contributed by atoms with Gasteiger partial charge in [-0.05, 0) is 50.6 Å². The Bertz CT molecular complexity index is 735. The summed E-state index contributed by atoms with van der Waals surface area (Å²) in [5.41, 5.74) is 1.98. The molecule has 23 heavy (non-hydrogen) atoms. The number of benzene rings is 1. The molecule has 5 nitrogen and oxygen atoms in total. The molecule has 2 heterocycles. The van der Waals surface area contributed by atoms with Gasteiger partial charge < -0.3 is 10.3 Å². The topological polar surface area (TPSA) is 58.5 Å². The number of fused-ring (bicyclic) bond motifs is 1. The molecule has 3 aromatic rings. The highest BCUT2D eigenvalue weighted by Gasteiger charge is 2.05. The van der Waals surface area contributed by atoms with Crippen molar-refractivity contribution >= 4 is 22.6 Å². The standard InChI is InChI=1S/C17H22ClN5/c1-13(7-11-23-10-3-9-20-23)19-8-2-4-17-21-15-6-5-14(18)12-16(15)22-17/h3,5-6,9-10,12-13,19H,2,4,7-8,11H2,1H3,(H,21,22). The van der Waals surface area contributed by atoms with Gasteiger partial charge in [0.2, 0.25) is 0 Å². The maximum absolute atomic E-state index is 5.99. The lowest BCUT2D eigenvalue weighted by Gasteiger charge is -2.13. The zero-order valence-corrected chi connectivity index (χ0v) is 14.1. The van der Waals surface area contributed by atoms with Gasteiger partial charge in [-0.15, -0.1) is 0 Å². The molecule has 0 radical (unpaired) electrons. The number of aromatic nitrogens is 4. The summed E-state index contributed by atoms with van der Waals surface area (Å²) in [5.74, 6) is 1.02. The van der Waals surface area contributed by atoms with E-state index in [1.807, 2.05) is 41.3 Å². The van der Waals surface area contributed by atoms with Crippen LogP contribution in [-0.4, -0.2) is 32.3 Å². The Morgan fingerprint density at radius 2 is 2.30 bits per heavy atom. The summed E-state index contributed by atoms with van der Waals surface area (Å²) < 4.78 is 1.97. The number of hydrogen-bond donors (Lipinski definition) is 2. The molecule has 1 unspecified atom stereocenters. The summed E-state index contributed by atoms with van der Waals surface area (Å²) in [4.78, 5) is 7.92. The Labute approximate surface area is 141 Å². The van der Waals surface area contributed by atoms with Gasteiger partial charge in [0.05, 0.1) is 11.0 Å². The van der Waals surface area contributed by atoms with Crippen molar-refractivity contribution in [3.05, 3.63) is 47.5 Å². The van der Waals surface area contributed by atoms with Gasteiger partial charge in [0, 0.05) is 36.4 Å². The predicted molar refractivity (Wildman–Crippen MR) is 93.7 cm³/mol. The maximum Gasteiger partial charge on any atom is 0.107 e. The molecule has 0 aliphatic carbocycles. The van der Waals surface area contributed by atoms with Gasteiger partial charge in [-0.2, -0.15) is 5.10 Å². The minimum absolute atomic E-state index is 0.480. The molecule has 3 rings (SSSR count). The Hall–Kier alpha value is -1.85. The molecule has 0 bridgehead atoms. The van der Waals surface area contributed by atoms with Crippen LogP contribution < -0.4 is 5.32 Å². The fourth-order valence-corrected chi connectivity index (χ4v) is 2.79. The van der Waals surface area contributed by atoms with Crippen LogP contribution in [0.15, 0.2) is 36.7 Å². The SMILES string of the molecule is CC(CCn1cccn1)NCCCc1nc2ccc(Cl)cc2[nH]1. The predicted octanol–water partition coefficient (Wildman–Crippen LogP) is 3.41. The van der Waals surface area contributed by atoms with E-state index in [0.717, 1.165) is 54.2 Å². The Morgan fingerprint density at radius 1 is 1.39 bits per heavy atom. The van der Waals surface area contributed by atoms with Gasteiger partial charge in [0.15, 0.2) is 0 Å². The number of imidazole rings is 1. The van der Waals surface area contributed by atoms with Crippen LogP contribution in [0.3, 0.4) is 0 Å². The number of nitrogens with zero attached hydrogens (tertiary/aromatic N) is 3. The first-order valence-electron chi connectivity index (χ1n) is 8.05. The third kappa shape index (κ3) is 4.56. The van der Waals surface area contributed by atoms with E-state index in [-0.39, 0.29) is 0 Å². The smallest absolute Gasteiger partial charge is 0.107 e. The number of aryl methyl sites for hydroxylation is 2. The van der Waals surface area contributed by atoms with Gasteiger partial charge in [-0.25, -0.2) is 4.98 Å². The van der Waals surface area contributed by atoms with Crippen LogP contribution in [0.1, 0.15) is 25.6 Å². The van der Waals surface area contributed by atoms with Crippen molar-refractivity contribution in [3.8, 4) is 0 Å². The average Bonchev–Trinajstić information content (AvgIpc) is 3.18. The first kappa shape index (κ1) is 16.0. The zero-order chi connectivity index (χ0) is 16.1. The van der Waals surface area contributed by atoms with Crippen LogP contribution in [0.5, 0.6) is 0 Å². The van der Waals surface area contributed by atoms with Crippen molar-refractivity contribution in [3.63, 3.8) is 0 Å². The second kappa shape index (κ2) is 7.62. The number of rotatable bonds is 8. The highest BCUT2D eigenvalue weighted by Crippen LogP contribution is 2.17. The molecule has 2 aromatic heterocycles. The van der Waals surface area contributed by atoms with Gasteiger partial charge in [0.1, 0.15) is 5.82 Å². The van der Waals surface area contributed by atoms with Crippen LogP contribution in [0.25, 0.3) is 11.0 Å². The van der Waals surface area contributed by atoms with Crippen molar-refractivity contribution in [2.45, 2.75) is 38.8 Å². The van der Waals surface area contributed by atoms with Crippen molar-refractivity contribution in [2.24, 2.45) is 0 Å². The van der Waals surface area contributed by atoms with Crippen molar-refractivity contribution in [1.29, 1.82) is 0 Å². The summed E-state index contributed by atoms with van der Waals surface area (Å²) >= 11 is 5.99. The quantitative estimate of drug-likeness (QED) is 0.622. The zero-order valence-electron chi connectivity index (χ0n) is 13.3. The molecule has 6 heteroatoms. The first-order valence-corrected chi connectivity index (χ1v) is 8.43. The molecule has 2 N–H and O–H groups in total. The van der Waals surface area contributed by atoms with Crippen molar-refractivity contribution in [1.82, 2.24) is 25.1 Å². The second-order valence-electron chi connectivity index (χ2n) is 5.86. The summed E-state index contributed by atoms with van der Waals surface area (Å²) in [5, 5.41) is 8.51. The molecule has 0 aliphatic rings. The van der Waals surface area contributed by atoms with Crippen molar-refractivity contribution in [2.75, 3.05) is 6.54 Å². The highest BCUT2D eigenvalue weighted by molar-refractivity contribution is 6.31. The highest BCUT2D eigenvalue weighted by atomic mass is 35.5. The van der Waals surface area contributed by atoms with Gasteiger partial charge in [-0.1, -0.05) is 11.6 Å². The monoisotopic (exact) mass is 331 g/mol. The number of hydrogen-bond acceptors (Lipinski definition) is 3. The molecule has 122 valence electrons. The van der Waals surface area contributed by atoms with Crippen LogP contribution in [-0.2, 0) is 13.0 Å². The lowest BCUT2D eigenvalue weighted by molar-refractivity contribution is 0.455. The molecule has 1 atom stereocenters. The third-order valence-corrected chi connectivity index (χ3v) is 4.16. The third-order valence-electron chi connectivity index (χ3n) is 3.93. The van der Waals surface area contributed by atoms with Gasteiger partial charge >= 0.3 is 0 Å². The van der Waals surface area contributed by atoms with E-state index in [2.05, 4.69) is 27.3 Å². The molecule has 0 saturated heterocycles. The number of H-pyrrole nitrogens is 1. The van der Waals surface area contributed by atoms with Crippen molar-refractivity contribution < 1.29 is 0 Å². The lowest BCUT2D eigenvalue weighted by Crippen LogP contribution is -2.28. The van der Waals surface area contributed by atoms with Crippen LogP contribution >= 0.6 is 11.6 Å². The molecule has 0 saturated carbocycles. The van der Waals surface area contributed by atoms with Crippen LogP contribution in [0.2, 0.25) is 5.02 Å². The molecule has 0 amide bonds. The summed E-state index contributed by atoms with van der Waals surface area (Å²) in [6, 6.07) is 8.18. The Balaban J connectivity index is 1.38. The van der Waals surface area contributed by atoms with Gasteiger partial charge in [0.25, 0.3) is 0 Å². The number of nitrogens with one attached hydrogen (secondary N) is 2. The lowest BCUT2D eigenvalue weighted by atomic mass is 10.2. The molecule has 0 fully saturated rings. The normalized spacial score (nSPS) is 12.8. The van der Waals surface area contributed by atoms with E-state index in [1.165, 1.54) is 0 Å². The number of aromatic amines is 1. The minimum Gasteiger partial charge on any atom is -0.342 e. The molecule has 0 aliphatic heterocycles. The Morgan fingerprint density at radius 3 is 3.13 bits per heavy atom. The molecular weight excluding hydrogens is 310 g/mol. The van der Waals surface area contributed by atoms with Crippen LogP contribution in [0.4, 0.5) is 0 Å². The fraction of sp³-hybridized carbons (Fsp3) is 0.412. The molecule has 0 spiro atoms.